The van der Waals surface area contributed by atoms with Gasteiger partial charge in [-0.15, -0.1) is 0 Å². The number of amides is 1. The van der Waals surface area contributed by atoms with Crippen molar-refractivity contribution < 1.29 is 18.7 Å². The number of nitrogens with one attached hydrogen (secondary N) is 1. The third-order valence-electron chi connectivity index (χ3n) is 2.01. The molecular formula is C11H12BrFN2O3. The molecule has 0 aliphatic heterocycles. The average molecular weight is 319 g/mol. The van der Waals surface area contributed by atoms with Gasteiger partial charge in [0.05, 0.1) is 12.3 Å². The number of halogens is 2. The molecule has 1 rings (SSSR count). The van der Waals surface area contributed by atoms with E-state index in [-0.39, 0.29) is 6.61 Å². The molecule has 18 heavy (non-hydrogen) atoms. The molecule has 7 heteroatoms. The summed E-state index contributed by atoms with van der Waals surface area (Å²) in [5.41, 5.74) is 5.72. The summed E-state index contributed by atoms with van der Waals surface area (Å²) in [6.07, 6.45) is 0. The highest BCUT2D eigenvalue weighted by Crippen LogP contribution is 2.23. The van der Waals surface area contributed by atoms with Gasteiger partial charge in [-0.2, -0.15) is 0 Å². The van der Waals surface area contributed by atoms with Crippen LogP contribution in [-0.2, 0) is 14.3 Å². The largest absolute Gasteiger partial charge is 0.464 e. The first-order chi connectivity index (χ1) is 8.45. The van der Waals surface area contributed by atoms with Crippen molar-refractivity contribution in [2.45, 2.75) is 13.0 Å². The molecular weight excluding hydrogens is 307 g/mol. The van der Waals surface area contributed by atoms with Crippen molar-refractivity contribution in [1.29, 1.82) is 0 Å². The Kier molecular flexibility index (Phi) is 5.24. The minimum absolute atomic E-state index is 0.139. The Morgan fingerprint density at radius 2 is 2.22 bits per heavy atom. The quantitative estimate of drug-likeness (QED) is 0.649. The third kappa shape index (κ3) is 3.78. The van der Waals surface area contributed by atoms with Crippen molar-refractivity contribution in [2.24, 2.45) is 5.73 Å². The Bertz CT molecular complexity index is 468. The fourth-order valence-corrected chi connectivity index (χ4v) is 1.59. The first-order valence-corrected chi connectivity index (χ1v) is 5.93. The number of anilines is 1. The van der Waals surface area contributed by atoms with Crippen LogP contribution in [0.25, 0.3) is 0 Å². The Labute approximate surface area is 112 Å². The van der Waals surface area contributed by atoms with E-state index in [1.807, 2.05) is 0 Å². The van der Waals surface area contributed by atoms with Gasteiger partial charge in [0.2, 0.25) is 0 Å². The van der Waals surface area contributed by atoms with Crippen molar-refractivity contribution in [2.75, 3.05) is 11.9 Å². The molecule has 0 bridgehead atoms. The number of carbonyl (C=O) groups excluding carboxylic acids is 2. The summed E-state index contributed by atoms with van der Waals surface area (Å²) in [6, 6.07) is 2.30. The number of ether oxygens (including phenoxy) is 1. The lowest BCUT2D eigenvalue weighted by atomic mass is 10.2. The monoisotopic (exact) mass is 318 g/mol. The molecule has 1 aromatic carbocycles. The van der Waals surface area contributed by atoms with E-state index in [0.717, 1.165) is 0 Å². The van der Waals surface area contributed by atoms with Gasteiger partial charge in [0.15, 0.2) is 6.04 Å². The molecule has 0 heterocycles. The molecule has 0 spiro atoms. The second-order valence-electron chi connectivity index (χ2n) is 3.34. The molecule has 1 atom stereocenters. The van der Waals surface area contributed by atoms with Crippen LogP contribution in [0.15, 0.2) is 22.7 Å². The van der Waals surface area contributed by atoms with Crippen molar-refractivity contribution in [3.05, 3.63) is 28.5 Å². The topological polar surface area (TPSA) is 81.4 Å². The lowest BCUT2D eigenvalue weighted by Gasteiger charge is -2.12. The second-order valence-corrected chi connectivity index (χ2v) is 4.20. The lowest BCUT2D eigenvalue weighted by molar-refractivity contribution is -0.146. The highest BCUT2D eigenvalue weighted by atomic mass is 79.9. The number of hydrogen-bond acceptors (Lipinski definition) is 4. The van der Waals surface area contributed by atoms with E-state index < -0.39 is 23.7 Å². The summed E-state index contributed by atoms with van der Waals surface area (Å²) >= 11 is 3.08. The molecule has 3 N–H and O–H groups in total. The summed E-state index contributed by atoms with van der Waals surface area (Å²) in [4.78, 5) is 22.8. The lowest BCUT2D eigenvalue weighted by Crippen LogP contribution is -2.43. The van der Waals surface area contributed by atoms with E-state index in [2.05, 4.69) is 26.0 Å². The van der Waals surface area contributed by atoms with Crippen LogP contribution in [0.2, 0.25) is 0 Å². The first-order valence-electron chi connectivity index (χ1n) is 5.13. The van der Waals surface area contributed by atoms with E-state index in [0.29, 0.717) is 10.2 Å². The van der Waals surface area contributed by atoms with Gasteiger partial charge in [-0.1, -0.05) is 0 Å². The summed E-state index contributed by atoms with van der Waals surface area (Å²) in [7, 11) is 0. The van der Waals surface area contributed by atoms with Crippen LogP contribution in [-0.4, -0.2) is 24.5 Å². The molecule has 0 aliphatic rings. The summed E-state index contributed by atoms with van der Waals surface area (Å²) in [6.45, 7) is 1.75. The molecule has 98 valence electrons. The zero-order chi connectivity index (χ0) is 13.7. The van der Waals surface area contributed by atoms with Gasteiger partial charge >= 0.3 is 5.97 Å². The predicted octanol–water partition coefficient (Wildman–Crippen LogP) is 1.42. The number of esters is 1. The zero-order valence-electron chi connectivity index (χ0n) is 9.57. The maximum atomic E-state index is 12.8. The van der Waals surface area contributed by atoms with Crippen molar-refractivity contribution in [3.8, 4) is 0 Å². The van der Waals surface area contributed by atoms with Crippen LogP contribution in [0.1, 0.15) is 6.92 Å². The Morgan fingerprint density at radius 3 is 2.78 bits per heavy atom. The molecule has 0 fully saturated rings. The van der Waals surface area contributed by atoms with Crippen molar-refractivity contribution >= 4 is 33.5 Å². The molecule has 5 nitrogen and oxygen atoms in total. The summed E-state index contributed by atoms with van der Waals surface area (Å²) in [5.74, 6) is -1.98. The smallest absolute Gasteiger partial charge is 0.332 e. The normalized spacial score (nSPS) is 11.8. The molecule has 1 aromatic rings. The number of nitrogens with two attached hydrogens (primary N) is 1. The van der Waals surface area contributed by atoms with E-state index in [1.54, 1.807) is 6.92 Å². The molecule has 0 saturated carbocycles. The van der Waals surface area contributed by atoms with Crippen LogP contribution >= 0.6 is 15.9 Å². The van der Waals surface area contributed by atoms with Gasteiger partial charge in [-0.05, 0) is 41.1 Å². The van der Waals surface area contributed by atoms with Crippen LogP contribution in [0.5, 0.6) is 0 Å². The predicted molar refractivity (Wildman–Crippen MR) is 67.3 cm³/mol. The minimum atomic E-state index is -1.41. The molecule has 1 unspecified atom stereocenters. The number of rotatable bonds is 4. The highest BCUT2D eigenvalue weighted by Gasteiger charge is 2.23. The standard InChI is InChI=1S/C11H12BrFN2O3/c1-2-18-11(17)9(14)10(16)15-8-4-3-6(13)5-7(8)12/h3-5,9H,2,14H2,1H3,(H,15,16). The van der Waals surface area contributed by atoms with Crippen LogP contribution < -0.4 is 11.1 Å². The minimum Gasteiger partial charge on any atom is -0.464 e. The number of benzene rings is 1. The Morgan fingerprint density at radius 1 is 1.56 bits per heavy atom. The SMILES string of the molecule is CCOC(=O)C(N)C(=O)Nc1ccc(F)cc1Br. The summed E-state index contributed by atoms with van der Waals surface area (Å²) in [5, 5.41) is 2.40. The van der Waals surface area contributed by atoms with Gasteiger partial charge in [0.1, 0.15) is 5.82 Å². The second kappa shape index (κ2) is 6.46. The Hall–Kier alpha value is -1.47. The fraction of sp³-hybridized carbons (Fsp3) is 0.273. The number of hydrogen-bond donors (Lipinski definition) is 2. The van der Waals surface area contributed by atoms with Crippen LogP contribution in [0.4, 0.5) is 10.1 Å². The van der Waals surface area contributed by atoms with Crippen LogP contribution in [0.3, 0.4) is 0 Å². The van der Waals surface area contributed by atoms with Crippen LogP contribution in [0, 0.1) is 5.82 Å². The van der Waals surface area contributed by atoms with Gasteiger partial charge in [-0.25, -0.2) is 9.18 Å². The zero-order valence-corrected chi connectivity index (χ0v) is 11.2. The molecule has 0 aromatic heterocycles. The van der Waals surface area contributed by atoms with E-state index in [4.69, 9.17) is 5.73 Å². The van der Waals surface area contributed by atoms with Crippen molar-refractivity contribution in [3.63, 3.8) is 0 Å². The van der Waals surface area contributed by atoms with Gasteiger partial charge in [0, 0.05) is 4.47 Å². The van der Waals surface area contributed by atoms with E-state index in [9.17, 15) is 14.0 Å². The first kappa shape index (κ1) is 14.6. The average Bonchev–Trinajstić information content (AvgIpc) is 2.32. The summed E-state index contributed by atoms with van der Waals surface area (Å²) < 4.78 is 17.8. The maximum Gasteiger partial charge on any atom is 0.332 e. The molecule has 0 aliphatic carbocycles. The molecule has 1 amide bonds. The maximum absolute atomic E-state index is 12.8. The van der Waals surface area contributed by atoms with Gasteiger partial charge < -0.3 is 15.8 Å². The van der Waals surface area contributed by atoms with Gasteiger partial charge in [-0.3, -0.25) is 4.79 Å². The Balaban J connectivity index is 2.72. The van der Waals surface area contributed by atoms with E-state index in [1.165, 1.54) is 18.2 Å². The van der Waals surface area contributed by atoms with Crippen molar-refractivity contribution in [1.82, 2.24) is 0 Å². The van der Waals surface area contributed by atoms with E-state index >= 15 is 0 Å². The highest BCUT2D eigenvalue weighted by molar-refractivity contribution is 9.10. The number of carbonyl (C=O) groups is 2. The fourth-order valence-electron chi connectivity index (χ4n) is 1.14. The molecule has 0 saturated heterocycles. The van der Waals surface area contributed by atoms with Gasteiger partial charge in [0.25, 0.3) is 5.91 Å². The third-order valence-corrected chi connectivity index (χ3v) is 2.67. The molecule has 0 radical (unpaired) electrons.